The number of hydrogen-bond donors (Lipinski definition) is 1. The first kappa shape index (κ1) is 17.9. The van der Waals surface area contributed by atoms with Gasteiger partial charge in [0.1, 0.15) is 6.10 Å². The van der Waals surface area contributed by atoms with Crippen molar-refractivity contribution in [2.24, 2.45) is 0 Å². The fourth-order valence-corrected chi connectivity index (χ4v) is 2.68. The zero-order valence-corrected chi connectivity index (χ0v) is 12.2. The number of ether oxygens (including phenoxy) is 1. The van der Waals surface area contributed by atoms with Crippen LogP contribution in [0.15, 0.2) is 23.1 Å². The molecule has 0 saturated carbocycles. The standard InChI is InChI=1S/C12H11F3N2O4S/c1-7(21-2)11(18)17-22(19,20)10-4-3-8(6-16)5-9(10)12(13,14)15/h3-5,7H,1-2H3,(H,17,18)/t7-/m1/s1. The van der Waals surface area contributed by atoms with E-state index in [9.17, 15) is 26.4 Å². The van der Waals surface area contributed by atoms with E-state index in [1.165, 1.54) is 17.7 Å². The Bertz CT molecular complexity index is 723. The topological polar surface area (TPSA) is 96.3 Å². The monoisotopic (exact) mass is 336 g/mol. The van der Waals surface area contributed by atoms with Crippen LogP contribution in [0, 0.1) is 11.3 Å². The van der Waals surface area contributed by atoms with Gasteiger partial charge in [-0.3, -0.25) is 4.79 Å². The minimum atomic E-state index is -5.01. The number of nitriles is 1. The Morgan fingerprint density at radius 1 is 1.41 bits per heavy atom. The van der Waals surface area contributed by atoms with Crippen LogP contribution in [0.1, 0.15) is 18.1 Å². The quantitative estimate of drug-likeness (QED) is 0.897. The molecule has 10 heteroatoms. The van der Waals surface area contributed by atoms with Gasteiger partial charge in [-0.15, -0.1) is 0 Å². The van der Waals surface area contributed by atoms with Crippen LogP contribution in [-0.2, 0) is 25.7 Å². The first-order valence-corrected chi connectivity index (χ1v) is 7.22. The second kappa shape index (κ2) is 6.33. The Morgan fingerprint density at radius 2 is 2.00 bits per heavy atom. The predicted octanol–water partition coefficient (Wildman–Crippen LogP) is 1.42. The van der Waals surface area contributed by atoms with E-state index in [4.69, 9.17) is 5.26 Å². The summed E-state index contributed by atoms with van der Waals surface area (Å²) in [6.07, 6.45) is -6.17. The van der Waals surface area contributed by atoms with Crippen molar-refractivity contribution in [3.8, 4) is 6.07 Å². The molecule has 0 unspecified atom stereocenters. The van der Waals surface area contributed by atoms with Crippen LogP contribution in [0.3, 0.4) is 0 Å². The summed E-state index contributed by atoms with van der Waals surface area (Å²) < 4.78 is 68.8. The molecule has 22 heavy (non-hydrogen) atoms. The van der Waals surface area contributed by atoms with Crippen LogP contribution in [0.5, 0.6) is 0 Å². The zero-order valence-electron chi connectivity index (χ0n) is 11.4. The highest BCUT2D eigenvalue weighted by molar-refractivity contribution is 7.90. The Labute approximate surface area is 124 Å². The molecule has 0 aliphatic rings. The van der Waals surface area contributed by atoms with E-state index in [-0.39, 0.29) is 5.56 Å². The third kappa shape index (κ3) is 3.96. The van der Waals surface area contributed by atoms with E-state index >= 15 is 0 Å². The fourth-order valence-electron chi connectivity index (χ4n) is 1.43. The van der Waals surface area contributed by atoms with Gasteiger partial charge in [0.2, 0.25) is 0 Å². The molecule has 0 radical (unpaired) electrons. The maximum absolute atomic E-state index is 12.9. The lowest BCUT2D eigenvalue weighted by molar-refractivity contribution is -0.140. The molecule has 0 spiro atoms. The van der Waals surface area contributed by atoms with Gasteiger partial charge in [0.15, 0.2) is 0 Å². The van der Waals surface area contributed by atoms with E-state index in [2.05, 4.69) is 4.74 Å². The van der Waals surface area contributed by atoms with E-state index < -0.39 is 38.7 Å². The molecule has 1 rings (SSSR count). The first-order chi connectivity index (χ1) is 10.0. The molecule has 0 aliphatic carbocycles. The molecule has 0 heterocycles. The lowest BCUT2D eigenvalue weighted by Gasteiger charge is -2.15. The van der Waals surface area contributed by atoms with Crippen molar-refractivity contribution < 1.29 is 31.1 Å². The molecule has 1 aromatic carbocycles. The first-order valence-electron chi connectivity index (χ1n) is 5.73. The summed E-state index contributed by atoms with van der Waals surface area (Å²) in [5.41, 5.74) is -1.89. The summed E-state index contributed by atoms with van der Waals surface area (Å²) in [4.78, 5) is 10.4. The number of hydrogen-bond acceptors (Lipinski definition) is 5. The predicted molar refractivity (Wildman–Crippen MR) is 68.0 cm³/mol. The molecular weight excluding hydrogens is 325 g/mol. The number of halogens is 3. The lowest BCUT2D eigenvalue weighted by Crippen LogP contribution is -2.38. The van der Waals surface area contributed by atoms with Crippen molar-refractivity contribution in [3.05, 3.63) is 29.3 Å². The SMILES string of the molecule is CO[C@H](C)C(=O)NS(=O)(=O)c1ccc(C#N)cc1C(F)(F)F. The number of amides is 1. The summed E-state index contributed by atoms with van der Waals surface area (Å²) in [6, 6.07) is 3.42. The molecule has 0 bridgehead atoms. The highest BCUT2D eigenvalue weighted by Gasteiger charge is 2.38. The molecule has 0 fully saturated rings. The van der Waals surface area contributed by atoms with Crippen LogP contribution in [0.2, 0.25) is 0 Å². The van der Waals surface area contributed by atoms with Gasteiger partial charge in [0.05, 0.1) is 22.1 Å². The minimum absolute atomic E-state index is 0.358. The van der Waals surface area contributed by atoms with Crippen molar-refractivity contribution in [2.75, 3.05) is 7.11 Å². The molecule has 1 aromatic rings. The molecular formula is C12H11F3N2O4S. The minimum Gasteiger partial charge on any atom is -0.372 e. The van der Waals surface area contributed by atoms with Gasteiger partial charge in [0.25, 0.3) is 15.9 Å². The molecule has 6 nitrogen and oxygen atoms in total. The van der Waals surface area contributed by atoms with Crippen molar-refractivity contribution >= 4 is 15.9 Å². The summed E-state index contributed by atoms with van der Waals surface area (Å²) >= 11 is 0. The van der Waals surface area contributed by atoms with Crippen molar-refractivity contribution in [2.45, 2.75) is 24.1 Å². The van der Waals surface area contributed by atoms with E-state index in [1.807, 2.05) is 0 Å². The number of benzene rings is 1. The van der Waals surface area contributed by atoms with Crippen LogP contribution >= 0.6 is 0 Å². The number of alkyl halides is 3. The van der Waals surface area contributed by atoms with Crippen LogP contribution in [0.25, 0.3) is 0 Å². The maximum Gasteiger partial charge on any atom is 0.417 e. The van der Waals surface area contributed by atoms with Gasteiger partial charge < -0.3 is 4.74 Å². The number of carbonyl (C=O) groups is 1. The molecule has 0 aliphatic heterocycles. The third-order valence-corrected chi connectivity index (χ3v) is 4.07. The lowest BCUT2D eigenvalue weighted by atomic mass is 10.1. The number of nitrogens with one attached hydrogen (secondary N) is 1. The normalized spacial score (nSPS) is 13.3. The van der Waals surface area contributed by atoms with Crippen molar-refractivity contribution in [3.63, 3.8) is 0 Å². The molecule has 1 N–H and O–H groups in total. The maximum atomic E-state index is 12.9. The smallest absolute Gasteiger partial charge is 0.372 e. The molecule has 1 atom stereocenters. The fraction of sp³-hybridized carbons (Fsp3) is 0.333. The number of carbonyl (C=O) groups excluding carboxylic acids is 1. The highest BCUT2D eigenvalue weighted by atomic mass is 32.2. The van der Waals surface area contributed by atoms with Crippen molar-refractivity contribution in [1.29, 1.82) is 5.26 Å². The zero-order chi connectivity index (χ0) is 17.1. The van der Waals surface area contributed by atoms with Gasteiger partial charge in [-0.25, -0.2) is 13.1 Å². The van der Waals surface area contributed by atoms with E-state index in [0.29, 0.717) is 12.1 Å². The van der Waals surface area contributed by atoms with Gasteiger partial charge >= 0.3 is 6.18 Å². The Morgan fingerprint density at radius 3 is 2.45 bits per heavy atom. The number of sulfonamides is 1. The molecule has 0 aromatic heterocycles. The Kier molecular flexibility index (Phi) is 5.16. The molecule has 120 valence electrons. The van der Waals surface area contributed by atoms with Crippen LogP contribution in [-0.4, -0.2) is 27.5 Å². The number of rotatable bonds is 4. The Balaban J connectivity index is 3.37. The largest absolute Gasteiger partial charge is 0.417 e. The summed E-state index contributed by atoms with van der Waals surface area (Å²) in [5, 5.41) is 8.62. The van der Waals surface area contributed by atoms with Crippen molar-refractivity contribution in [1.82, 2.24) is 4.72 Å². The summed E-state index contributed by atoms with van der Waals surface area (Å²) in [7, 11) is -3.62. The van der Waals surface area contributed by atoms with Gasteiger partial charge in [0, 0.05) is 7.11 Å². The Hall–Kier alpha value is -2.12. The summed E-state index contributed by atoms with van der Waals surface area (Å²) in [5.74, 6) is -1.11. The highest BCUT2D eigenvalue weighted by Crippen LogP contribution is 2.34. The second-order valence-corrected chi connectivity index (χ2v) is 5.82. The number of nitrogens with zero attached hydrogens (tertiary/aromatic N) is 1. The third-order valence-electron chi connectivity index (χ3n) is 2.66. The molecule has 1 amide bonds. The average Bonchev–Trinajstić information content (AvgIpc) is 2.44. The van der Waals surface area contributed by atoms with Crippen LogP contribution in [0.4, 0.5) is 13.2 Å². The van der Waals surface area contributed by atoms with Gasteiger partial charge in [-0.2, -0.15) is 18.4 Å². The second-order valence-electron chi connectivity index (χ2n) is 4.17. The average molecular weight is 336 g/mol. The van der Waals surface area contributed by atoms with Gasteiger partial charge in [-0.05, 0) is 25.1 Å². The summed E-state index contributed by atoms with van der Waals surface area (Å²) in [6.45, 7) is 1.23. The van der Waals surface area contributed by atoms with Crippen LogP contribution < -0.4 is 4.72 Å². The molecule has 0 saturated heterocycles. The van der Waals surface area contributed by atoms with E-state index in [1.54, 1.807) is 0 Å². The van der Waals surface area contributed by atoms with Gasteiger partial charge in [-0.1, -0.05) is 0 Å². The van der Waals surface area contributed by atoms with E-state index in [0.717, 1.165) is 13.2 Å². The number of methoxy groups -OCH3 is 1.